The van der Waals surface area contributed by atoms with Gasteiger partial charge in [-0.1, -0.05) is 26.0 Å². The molecular formula is C20H21F3N4O2S. The first-order valence-corrected chi connectivity index (χ1v) is 10.1. The van der Waals surface area contributed by atoms with Gasteiger partial charge in [0.2, 0.25) is 5.13 Å². The number of rotatable bonds is 7. The molecule has 0 fully saturated rings. The summed E-state index contributed by atoms with van der Waals surface area (Å²) in [4.78, 5) is 19.1. The van der Waals surface area contributed by atoms with Crippen LogP contribution in [0.25, 0.3) is 11.3 Å². The monoisotopic (exact) mass is 438 g/mol. The molecule has 0 aliphatic heterocycles. The number of aryl methyl sites for hydroxylation is 1. The summed E-state index contributed by atoms with van der Waals surface area (Å²) in [5, 5.41) is 3.03. The highest BCUT2D eigenvalue weighted by molar-refractivity contribution is 7.09. The molecule has 1 amide bonds. The quantitative estimate of drug-likeness (QED) is 0.548. The van der Waals surface area contributed by atoms with Gasteiger partial charge in [-0.05, 0) is 38.2 Å². The Morgan fingerprint density at radius 3 is 2.63 bits per heavy atom. The van der Waals surface area contributed by atoms with E-state index in [1.807, 2.05) is 13.8 Å². The van der Waals surface area contributed by atoms with Crippen LogP contribution in [-0.2, 0) is 12.7 Å². The van der Waals surface area contributed by atoms with Crippen LogP contribution in [0.1, 0.15) is 41.4 Å². The van der Waals surface area contributed by atoms with Crippen molar-refractivity contribution in [3.8, 4) is 11.3 Å². The Hall–Kier alpha value is -2.72. The maximum Gasteiger partial charge on any atom is 0.416 e. The lowest BCUT2D eigenvalue weighted by atomic mass is 10.1. The summed E-state index contributed by atoms with van der Waals surface area (Å²) in [6, 6.07) is 6.20. The standard InChI is InChI=1S/C20H21F3N4O2S/c1-4-27(5-2)11-17-24-19(30-26-17)25-18(28)15-10-16(29-12(15)3)13-7-6-8-14(9-13)20(21,22)23/h6-10H,4-5,11H2,1-3H3,(H,24,25,26,28). The zero-order valence-electron chi connectivity index (χ0n) is 16.7. The van der Waals surface area contributed by atoms with Gasteiger partial charge >= 0.3 is 6.18 Å². The molecule has 3 rings (SSSR count). The molecule has 0 saturated carbocycles. The molecule has 0 saturated heterocycles. The largest absolute Gasteiger partial charge is 0.461 e. The number of hydrogen-bond acceptors (Lipinski definition) is 6. The second-order valence-electron chi connectivity index (χ2n) is 6.59. The number of halogens is 3. The Bertz CT molecular complexity index is 1030. The van der Waals surface area contributed by atoms with Gasteiger partial charge in [0.05, 0.1) is 17.7 Å². The van der Waals surface area contributed by atoms with E-state index in [2.05, 4.69) is 19.6 Å². The van der Waals surface area contributed by atoms with Crippen molar-refractivity contribution in [3.63, 3.8) is 0 Å². The fourth-order valence-electron chi connectivity index (χ4n) is 2.88. The zero-order chi connectivity index (χ0) is 21.9. The molecule has 0 aliphatic carbocycles. The van der Waals surface area contributed by atoms with E-state index in [4.69, 9.17) is 4.42 Å². The van der Waals surface area contributed by atoms with Gasteiger partial charge in [-0.15, -0.1) is 0 Å². The maximum absolute atomic E-state index is 13.0. The lowest BCUT2D eigenvalue weighted by Gasteiger charge is -2.14. The topological polar surface area (TPSA) is 71.3 Å². The highest BCUT2D eigenvalue weighted by Gasteiger charge is 2.31. The molecule has 2 aromatic heterocycles. The highest BCUT2D eigenvalue weighted by atomic mass is 32.1. The molecule has 10 heteroatoms. The van der Waals surface area contributed by atoms with Crippen molar-refractivity contribution in [1.82, 2.24) is 14.3 Å². The minimum absolute atomic E-state index is 0.184. The molecule has 0 unspecified atom stereocenters. The van der Waals surface area contributed by atoms with Gasteiger partial charge in [0.15, 0.2) is 5.82 Å². The van der Waals surface area contributed by atoms with Crippen LogP contribution in [0.15, 0.2) is 34.7 Å². The van der Waals surface area contributed by atoms with E-state index in [9.17, 15) is 18.0 Å². The van der Waals surface area contributed by atoms with E-state index in [-0.39, 0.29) is 16.9 Å². The molecule has 0 atom stereocenters. The van der Waals surface area contributed by atoms with Gasteiger partial charge in [0.25, 0.3) is 5.91 Å². The molecule has 30 heavy (non-hydrogen) atoms. The molecule has 0 spiro atoms. The minimum atomic E-state index is -4.46. The maximum atomic E-state index is 13.0. The Kier molecular flexibility index (Phi) is 6.57. The third kappa shape index (κ3) is 5.06. The third-order valence-corrected chi connectivity index (χ3v) is 5.25. The van der Waals surface area contributed by atoms with Crippen LogP contribution in [0, 0.1) is 6.92 Å². The molecule has 0 bridgehead atoms. The second-order valence-corrected chi connectivity index (χ2v) is 7.34. The molecular weight excluding hydrogens is 417 g/mol. The normalized spacial score (nSPS) is 11.8. The fourth-order valence-corrected chi connectivity index (χ4v) is 3.45. The van der Waals surface area contributed by atoms with Crippen LogP contribution < -0.4 is 5.32 Å². The number of carbonyl (C=O) groups is 1. The van der Waals surface area contributed by atoms with Crippen LogP contribution in [0.4, 0.5) is 18.3 Å². The van der Waals surface area contributed by atoms with Crippen molar-refractivity contribution in [2.45, 2.75) is 33.5 Å². The minimum Gasteiger partial charge on any atom is -0.461 e. The first-order valence-electron chi connectivity index (χ1n) is 9.35. The number of nitrogens with zero attached hydrogens (tertiary/aromatic N) is 3. The van der Waals surface area contributed by atoms with Crippen LogP contribution in [0.3, 0.4) is 0 Å². The molecule has 1 aromatic carbocycles. The molecule has 1 N–H and O–H groups in total. The van der Waals surface area contributed by atoms with E-state index >= 15 is 0 Å². The molecule has 160 valence electrons. The van der Waals surface area contributed by atoms with Crippen molar-refractivity contribution in [3.05, 3.63) is 53.0 Å². The Labute approximate surface area is 175 Å². The summed E-state index contributed by atoms with van der Waals surface area (Å²) in [6.07, 6.45) is -4.46. The van der Waals surface area contributed by atoms with Gasteiger partial charge in [-0.25, -0.2) is 4.98 Å². The third-order valence-electron chi connectivity index (χ3n) is 4.58. The van der Waals surface area contributed by atoms with Crippen LogP contribution >= 0.6 is 11.5 Å². The first-order chi connectivity index (χ1) is 14.2. The van der Waals surface area contributed by atoms with Crippen molar-refractivity contribution in [1.29, 1.82) is 0 Å². The Balaban J connectivity index is 1.76. The summed E-state index contributed by atoms with van der Waals surface area (Å²) in [7, 11) is 0. The van der Waals surface area contributed by atoms with Crippen molar-refractivity contribution in [2.24, 2.45) is 0 Å². The SMILES string of the molecule is CCN(CC)Cc1nsc(NC(=O)c2cc(-c3cccc(C(F)(F)F)c3)oc2C)n1. The summed E-state index contributed by atoms with van der Waals surface area (Å²) in [5.41, 5.74) is -0.318. The Morgan fingerprint density at radius 2 is 1.97 bits per heavy atom. The molecule has 0 radical (unpaired) electrons. The van der Waals surface area contributed by atoms with Crippen molar-refractivity contribution < 1.29 is 22.4 Å². The number of alkyl halides is 3. The molecule has 2 heterocycles. The van der Waals surface area contributed by atoms with E-state index in [0.717, 1.165) is 36.8 Å². The lowest BCUT2D eigenvalue weighted by molar-refractivity contribution is -0.137. The summed E-state index contributed by atoms with van der Waals surface area (Å²) >= 11 is 1.07. The fraction of sp³-hybridized carbons (Fsp3) is 0.350. The van der Waals surface area contributed by atoms with Gasteiger partial charge in [0.1, 0.15) is 11.5 Å². The van der Waals surface area contributed by atoms with Crippen LogP contribution in [0.5, 0.6) is 0 Å². The zero-order valence-corrected chi connectivity index (χ0v) is 17.5. The summed E-state index contributed by atoms with van der Waals surface area (Å²) in [5.74, 6) is 0.642. The number of furan rings is 1. The Morgan fingerprint density at radius 1 is 1.23 bits per heavy atom. The van der Waals surface area contributed by atoms with E-state index in [1.165, 1.54) is 18.2 Å². The number of aromatic nitrogens is 2. The van der Waals surface area contributed by atoms with Gasteiger partial charge in [-0.2, -0.15) is 17.5 Å². The highest BCUT2D eigenvalue weighted by Crippen LogP contribution is 2.33. The van der Waals surface area contributed by atoms with Crippen LogP contribution in [-0.4, -0.2) is 33.3 Å². The number of anilines is 1. The number of nitrogens with one attached hydrogen (secondary N) is 1. The molecule has 0 aliphatic rings. The van der Waals surface area contributed by atoms with Crippen molar-refractivity contribution in [2.75, 3.05) is 18.4 Å². The molecule has 6 nitrogen and oxygen atoms in total. The van der Waals surface area contributed by atoms with E-state index < -0.39 is 17.6 Å². The smallest absolute Gasteiger partial charge is 0.416 e. The number of carbonyl (C=O) groups excluding carboxylic acids is 1. The van der Waals surface area contributed by atoms with Crippen LogP contribution in [0.2, 0.25) is 0 Å². The first kappa shape index (κ1) is 22.0. The average Bonchev–Trinajstić information content (AvgIpc) is 3.31. The predicted octanol–water partition coefficient (Wildman–Crippen LogP) is 5.22. The average molecular weight is 438 g/mol. The second kappa shape index (κ2) is 8.97. The number of amides is 1. The summed E-state index contributed by atoms with van der Waals surface area (Å²) in [6.45, 7) is 7.99. The van der Waals surface area contributed by atoms with Gasteiger partial charge in [0, 0.05) is 17.1 Å². The number of benzene rings is 1. The van der Waals surface area contributed by atoms with Crippen molar-refractivity contribution >= 4 is 22.6 Å². The van der Waals surface area contributed by atoms with Gasteiger partial charge < -0.3 is 4.42 Å². The number of hydrogen-bond donors (Lipinski definition) is 1. The van der Waals surface area contributed by atoms with Gasteiger partial charge in [-0.3, -0.25) is 15.0 Å². The molecule has 3 aromatic rings. The summed E-state index contributed by atoms with van der Waals surface area (Å²) < 4.78 is 48.7. The van der Waals surface area contributed by atoms with E-state index in [1.54, 1.807) is 6.92 Å². The lowest BCUT2D eigenvalue weighted by Crippen LogP contribution is -2.22. The van der Waals surface area contributed by atoms with E-state index in [0.29, 0.717) is 23.3 Å². The predicted molar refractivity (Wildman–Crippen MR) is 108 cm³/mol.